The van der Waals surface area contributed by atoms with E-state index >= 15 is 0 Å². The molecule has 106 valence electrons. The van der Waals surface area contributed by atoms with Gasteiger partial charge < -0.3 is 15.8 Å². The highest BCUT2D eigenvalue weighted by Crippen LogP contribution is 2.10. The molecule has 0 radical (unpaired) electrons. The third-order valence-corrected chi connectivity index (χ3v) is 2.39. The minimum Gasteiger partial charge on any atom is -0.469 e. The van der Waals surface area contributed by atoms with Crippen molar-refractivity contribution >= 4 is 11.9 Å². The van der Waals surface area contributed by atoms with Crippen LogP contribution in [0.25, 0.3) is 0 Å². The van der Waals surface area contributed by atoms with Crippen molar-refractivity contribution in [2.24, 2.45) is 5.73 Å². The van der Waals surface area contributed by atoms with Crippen LogP contribution >= 0.6 is 0 Å². The summed E-state index contributed by atoms with van der Waals surface area (Å²) in [6, 6.07) is 3.67. The van der Waals surface area contributed by atoms with Gasteiger partial charge in [-0.15, -0.1) is 0 Å². The number of hydrogen-bond acceptors (Lipinski definition) is 4. The highest BCUT2D eigenvalue weighted by Gasteiger charge is 2.11. The van der Waals surface area contributed by atoms with Crippen LogP contribution in [-0.2, 0) is 9.53 Å². The Labute approximate surface area is 116 Å². The van der Waals surface area contributed by atoms with Gasteiger partial charge in [0.2, 0.25) is 0 Å². The van der Waals surface area contributed by atoms with Crippen molar-refractivity contribution in [3.05, 3.63) is 35.1 Å². The molecule has 0 aromatic heterocycles. The lowest BCUT2D eigenvalue weighted by atomic mass is 10.1. The molecule has 1 aromatic rings. The Morgan fingerprint density at radius 3 is 2.85 bits per heavy atom. The fourth-order valence-electron chi connectivity index (χ4n) is 1.44. The summed E-state index contributed by atoms with van der Waals surface area (Å²) in [5.41, 5.74) is 5.74. The summed E-state index contributed by atoms with van der Waals surface area (Å²) < 4.78 is 17.6. The van der Waals surface area contributed by atoms with Crippen LogP contribution < -0.4 is 11.1 Å². The van der Waals surface area contributed by atoms with Gasteiger partial charge in [-0.25, -0.2) is 4.39 Å². The van der Waals surface area contributed by atoms with Crippen LogP contribution in [0.2, 0.25) is 0 Å². The molecule has 0 aliphatic carbocycles. The van der Waals surface area contributed by atoms with Gasteiger partial charge in [0.05, 0.1) is 25.6 Å². The summed E-state index contributed by atoms with van der Waals surface area (Å²) in [6.07, 6.45) is 0.0627. The number of esters is 1. The zero-order chi connectivity index (χ0) is 15.0. The van der Waals surface area contributed by atoms with Crippen molar-refractivity contribution < 1.29 is 18.7 Å². The Hall–Kier alpha value is -2.39. The fourth-order valence-corrected chi connectivity index (χ4v) is 1.44. The van der Waals surface area contributed by atoms with Crippen LogP contribution in [0.1, 0.15) is 22.3 Å². The molecule has 0 unspecified atom stereocenters. The molecule has 20 heavy (non-hydrogen) atoms. The van der Waals surface area contributed by atoms with Crippen molar-refractivity contribution in [1.82, 2.24) is 5.32 Å². The van der Waals surface area contributed by atoms with Crippen LogP contribution in [0, 0.1) is 17.7 Å². The Kier molecular flexibility index (Phi) is 6.20. The van der Waals surface area contributed by atoms with E-state index in [-0.39, 0.29) is 30.6 Å². The van der Waals surface area contributed by atoms with Gasteiger partial charge in [-0.2, -0.15) is 0 Å². The molecule has 0 aliphatic heterocycles. The minimum atomic E-state index is -0.488. The number of benzene rings is 1. The van der Waals surface area contributed by atoms with Crippen LogP contribution in [-0.4, -0.2) is 32.1 Å². The molecular formula is C14H15FN2O3. The van der Waals surface area contributed by atoms with Crippen LogP contribution in [0.5, 0.6) is 0 Å². The zero-order valence-corrected chi connectivity index (χ0v) is 11.0. The first-order valence-corrected chi connectivity index (χ1v) is 5.92. The van der Waals surface area contributed by atoms with Gasteiger partial charge in [0, 0.05) is 12.1 Å². The maximum absolute atomic E-state index is 13.1. The molecule has 0 saturated carbocycles. The van der Waals surface area contributed by atoms with Crippen LogP contribution in [0.4, 0.5) is 4.39 Å². The Balaban J connectivity index is 2.79. The molecule has 1 rings (SSSR count). The van der Waals surface area contributed by atoms with E-state index in [0.29, 0.717) is 0 Å². The second-order valence-corrected chi connectivity index (χ2v) is 3.78. The molecule has 0 fully saturated rings. The van der Waals surface area contributed by atoms with Gasteiger partial charge in [0.25, 0.3) is 5.91 Å². The van der Waals surface area contributed by atoms with Crippen molar-refractivity contribution in [3.8, 4) is 11.8 Å². The van der Waals surface area contributed by atoms with Crippen molar-refractivity contribution in [2.75, 3.05) is 20.2 Å². The summed E-state index contributed by atoms with van der Waals surface area (Å²) in [5, 5.41) is 2.54. The van der Waals surface area contributed by atoms with E-state index in [2.05, 4.69) is 21.9 Å². The predicted octanol–water partition coefficient (Wildman–Crippen LogP) is 0.429. The number of ether oxygens (including phenoxy) is 1. The number of nitrogens with one attached hydrogen (secondary N) is 1. The molecule has 0 bridgehead atoms. The van der Waals surface area contributed by atoms with Gasteiger partial charge in [-0.3, -0.25) is 9.59 Å². The lowest BCUT2D eigenvalue weighted by Crippen LogP contribution is -2.27. The summed E-state index contributed by atoms with van der Waals surface area (Å²) in [4.78, 5) is 22.8. The average Bonchev–Trinajstić information content (AvgIpc) is 2.44. The third-order valence-electron chi connectivity index (χ3n) is 2.39. The first-order valence-electron chi connectivity index (χ1n) is 5.92. The number of amides is 1. The highest BCUT2D eigenvalue weighted by atomic mass is 19.1. The Morgan fingerprint density at radius 2 is 2.20 bits per heavy atom. The third kappa shape index (κ3) is 4.71. The molecular weight excluding hydrogens is 263 g/mol. The second kappa shape index (κ2) is 7.92. The molecule has 5 nitrogen and oxygen atoms in total. The topological polar surface area (TPSA) is 81.4 Å². The lowest BCUT2D eigenvalue weighted by Gasteiger charge is -2.06. The van der Waals surface area contributed by atoms with Gasteiger partial charge in [-0.1, -0.05) is 11.8 Å². The molecule has 1 amide bonds. The normalized spacial score (nSPS) is 9.35. The molecule has 6 heteroatoms. The lowest BCUT2D eigenvalue weighted by molar-refractivity contribution is -0.140. The quantitative estimate of drug-likeness (QED) is 0.618. The number of hydrogen-bond donors (Lipinski definition) is 2. The van der Waals surface area contributed by atoms with Gasteiger partial charge >= 0.3 is 5.97 Å². The smallest absolute Gasteiger partial charge is 0.307 e. The maximum Gasteiger partial charge on any atom is 0.307 e. The number of rotatable bonds is 4. The first-order chi connectivity index (χ1) is 9.58. The molecule has 0 heterocycles. The SMILES string of the molecule is COC(=O)CCNC(=O)c1ccc(F)cc1C#CCN. The van der Waals surface area contributed by atoms with E-state index in [1.165, 1.54) is 19.2 Å². The first kappa shape index (κ1) is 15.7. The van der Waals surface area contributed by atoms with E-state index < -0.39 is 17.7 Å². The van der Waals surface area contributed by atoms with E-state index in [0.717, 1.165) is 6.07 Å². The Bertz CT molecular complexity index is 561. The summed E-state index contributed by atoms with van der Waals surface area (Å²) in [6.45, 7) is 0.243. The molecule has 0 saturated heterocycles. The molecule has 0 atom stereocenters. The minimum absolute atomic E-state index is 0.0627. The second-order valence-electron chi connectivity index (χ2n) is 3.78. The summed E-state index contributed by atoms with van der Waals surface area (Å²) in [5.74, 6) is 3.86. The zero-order valence-electron chi connectivity index (χ0n) is 11.0. The van der Waals surface area contributed by atoms with Gasteiger partial charge in [0.15, 0.2) is 0 Å². The summed E-state index contributed by atoms with van der Waals surface area (Å²) >= 11 is 0. The largest absolute Gasteiger partial charge is 0.469 e. The van der Waals surface area contributed by atoms with E-state index in [1.807, 2.05) is 0 Å². The van der Waals surface area contributed by atoms with Crippen molar-refractivity contribution in [2.45, 2.75) is 6.42 Å². The number of halogens is 1. The molecule has 1 aromatic carbocycles. The standard InChI is InChI=1S/C14H15FN2O3/c1-20-13(18)6-8-17-14(19)12-5-4-11(15)9-10(12)3-2-7-16/h4-5,9H,6-8,16H2,1H3,(H,17,19). The van der Waals surface area contributed by atoms with Crippen LogP contribution in [0.15, 0.2) is 18.2 Å². The number of carbonyl (C=O) groups excluding carboxylic acids is 2. The maximum atomic E-state index is 13.1. The fraction of sp³-hybridized carbons (Fsp3) is 0.286. The van der Waals surface area contributed by atoms with E-state index in [4.69, 9.17) is 5.73 Å². The van der Waals surface area contributed by atoms with Crippen molar-refractivity contribution in [3.63, 3.8) is 0 Å². The summed E-state index contributed by atoms with van der Waals surface area (Å²) in [7, 11) is 1.27. The van der Waals surface area contributed by atoms with Gasteiger partial charge in [-0.05, 0) is 18.2 Å². The number of carbonyl (C=O) groups is 2. The van der Waals surface area contributed by atoms with Gasteiger partial charge in [0.1, 0.15) is 5.82 Å². The van der Waals surface area contributed by atoms with E-state index in [1.54, 1.807) is 0 Å². The number of nitrogens with two attached hydrogens (primary N) is 1. The van der Waals surface area contributed by atoms with Crippen LogP contribution in [0.3, 0.4) is 0 Å². The predicted molar refractivity (Wildman–Crippen MR) is 71.3 cm³/mol. The molecule has 0 aliphatic rings. The number of methoxy groups -OCH3 is 1. The average molecular weight is 278 g/mol. The Morgan fingerprint density at radius 1 is 1.45 bits per heavy atom. The molecule has 3 N–H and O–H groups in total. The van der Waals surface area contributed by atoms with E-state index in [9.17, 15) is 14.0 Å². The highest BCUT2D eigenvalue weighted by molar-refractivity contribution is 5.96. The monoisotopic (exact) mass is 278 g/mol. The molecule has 0 spiro atoms. The van der Waals surface area contributed by atoms with Crippen molar-refractivity contribution in [1.29, 1.82) is 0 Å².